The number of carbonyl (C=O) groups is 1. The van der Waals surface area contributed by atoms with Crippen LogP contribution in [-0.2, 0) is 21.4 Å². The van der Waals surface area contributed by atoms with Gasteiger partial charge in [0.2, 0.25) is 10.0 Å². The molecule has 0 saturated heterocycles. The Bertz CT molecular complexity index is 595. The van der Waals surface area contributed by atoms with Crippen molar-refractivity contribution in [3.05, 3.63) is 29.3 Å². The largest absolute Gasteiger partial charge is 0.380 e. The van der Waals surface area contributed by atoms with Gasteiger partial charge in [0.15, 0.2) is 0 Å². The van der Waals surface area contributed by atoms with Crippen LogP contribution in [0.4, 0.5) is 0 Å². The van der Waals surface area contributed by atoms with Crippen molar-refractivity contribution in [1.29, 1.82) is 0 Å². The maximum atomic E-state index is 12.1. The number of rotatable bonds is 7. The molecule has 0 bridgehead atoms. The van der Waals surface area contributed by atoms with Gasteiger partial charge >= 0.3 is 0 Å². The second-order valence-electron chi connectivity index (χ2n) is 4.79. The monoisotopic (exact) mass is 314 g/mol. The van der Waals surface area contributed by atoms with Gasteiger partial charge in [0.05, 0.1) is 11.5 Å². The Hall–Kier alpha value is -1.44. The van der Waals surface area contributed by atoms with E-state index in [2.05, 4.69) is 5.32 Å². The third-order valence-electron chi connectivity index (χ3n) is 3.26. The average molecular weight is 314 g/mol. The van der Waals surface area contributed by atoms with Crippen molar-refractivity contribution < 1.29 is 17.9 Å². The normalized spacial score (nSPS) is 11.7. The molecule has 0 aliphatic rings. The van der Waals surface area contributed by atoms with Crippen LogP contribution in [0, 0.1) is 0 Å². The van der Waals surface area contributed by atoms with Crippen LogP contribution in [0.3, 0.4) is 0 Å². The van der Waals surface area contributed by atoms with Crippen LogP contribution in [0.1, 0.15) is 42.6 Å². The van der Waals surface area contributed by atoms with Gasteiger partial charge in [-0.2, -0.15) is 0 Å². The van der Waals surface area contributed by atoms with Gasteiger partial charge in [0, 0.05) is 18.7 Å². The Labute approximate surface area is 125 Å². The second kappa shape index (κ2) is 7.53. The molecule has 3 N–H and O–H groups in total. The number of primary sulfonamides is 1. The van der Waals surface area contributed by atoms with Gasteiger partial charge in [-0.1, -0.05) is 19.9 Å². The summed E-state index contributed by atoms with van der Waals surface area (Å²) in [4.78, 5) is 12.1. The molecule has 0 aliphatic heterocycles. The third kappa shape index (κ3) is 4.80. The van der Waals surface area contributed by atoms with E-state index < -0.39 is 10.0 Å². The number of nitrogens with two attached hydrogens (primary N) is 1. The van der Waals surface area contributed by atoms with E-state index in [0.717, 1.165) is 12.8 Å². The van der Waals surface area contributed by atoms with Gasteiger partial charge in [0.25, 0.3) is 5.91 Å². The van der Waals surface area contributed by atoms with Gasteiger partial charge in [-0.05, 0) is 30.5 Å². The molecule has 0 aromatic heterocycles. The molecule has 0 atom stereocenters. The summed E-state index contributed by atoms with van der Waals surface area (Å²) in [6, 6.07) is 4.47. The van der Waals surface area contributed by atoms with Gasteiger partial charge < -0.3 is 10.1 Å². The number of methoxy groups -OCH3 is 1. The fourth-order valence-corrected chi connectivity index (χ4v) is 2.78. The smallest absolute Gasteiger partial charge is 0.251 e. The first kappa shape index (κ1) is 17.6. The zero-order valence-corrected chi connectivity index (χ0v) is 13.4. The van der Waals surface area contributed by atoms with Crippen molar-refractivity contribution in [2.75, 3.05) is 7.11 Å². The fourth-order valence-electron chi connectivity index (χ4n) is 2.00. The highest BCUT2D eigenvalue weighted by Gasteiger charge is 2.18. The molecule has 1 aromatic rings. The molecule has 7 heteroatoms. The van der Waals surface area contributed by atoms with Gasteiger partial charge in [0.1, 0.15) is 0 Å². The fraction of sp³-hybridized carbons (Fsp3) is 0.500. The quantitative estimate of drug-likeness (QED) is 0.794. The predicted molar refractivity (Wildman–Crippen MR) is 80.4 cm³/mol. The van der Waals surface area contributed by atoms with E-state index in [0.29, 0.717) is 5.56 Å². The lowest BCUT2D eigenvalue weighted by atomic mass is 10.1. The molecule has 0 radical (unpaired) electrons. The van der Waals surface area contributed by atoms with Gasteiger partial charge in [-0.3, -0.25) is 4.79 Å². The molecule has 0 unspecified atom stereocenters. The minimum atomic E-state index is -3.91. The summed E-state index contributed by atoms with van der Waals surface area (Å²) in [6.07, 6.45) is 1.62. The van der Waals surface area contributed by atoms with E-state index in [-0.39, 0.29) is 29.0 Å². The van der Waals surface area contributed by atoms with E-state index in [4.69, 9.17) is 9.88 Å². The maximum Gasteiger partial charge on any atom is 0.251 e. The maximum absolute atomic E-state index is 12.1. The van der Waals surface area contributed by atoms with E-state index in [1.54, 1.807) is 12.1 Å². The standard InChI is InChI=1S/C14H22N2O4S/c1-4-12(5-2)16-14(17)10-6-7-11(9-20-3)13(8-10)21(15,18)19/h6-8,12H,4-5,9H2,1-3H3,(H,16,17)(H2,15,18,19). The zero-order chi connectivity index (χ0) is 16.0. The first-order chi connectivity index (χ1) is 9.83. The van der Waals surface area contributed by atoms with E-state index >= 15 is 0 Å². The molecule has 0 heterocycles. The molecule has 0 saturated carbocycles. The summed E-state index contributed by atoms with van der Waals surface area (Å²) < 4.78 is 28.2. The molecular formula is C14H22N2O4S. The van der Waals surface area contributed by atoms with Crippen LogP contribution < -0.4 is 10.5 Å². The molecule has 0 fully saturated rings. The van der Waals surface area contributed by atoms with Gasteiger partial charge in [-0.15, -0.1) is 0 Å². The first-order valence-corrected chi connectivity index (χ1v) is 8.33. The minimum absolute atomic E-state index is 0.0640. The number of benzene rings is 1. The van der Waals surface area contributed by atoms with Gasteiger partial charge in [-0.25, -0.2) is 13.6 Å². The minimum Gasteiger partial charge on any atom is -0.380 e. The van der Waals surface area contributed by atoms with E-state index in [1.807, 2.05) is 13.8 Å². The van der Waals surface area contributed by atoms with E-state index in [1.165, 1.54) is 13.2 Å². The molecule has 1 aromatic carbocycles. The summed E-state index contributed by atoms with van der Waals surface area (Å²) in [7, 11) is -2.45. The van der Waals surface area contributed by atoms with Crippen LogP contribution in [-0.4, -0.2) is 27.5 Å². The van der Waals surface area contributed by atoms with E-state index in [9.17, 15) is 13.2 Å². The lowest BCUT2D eigenvalue weighted by Crippen LogP contribution is -2.34. The average Bonchev–Trinajstić information content (AvgIpc) is 2.44. The van der Waals surface area contributed by atoms with Crippen molar-refractivity contribution in [3.8, 4) is 0 Å². The SMILES string of the molecule is CCC(CC)NC(=O)c1ccc(COC)c(S(N)(=O)=O)c1. The van der Waals surface area contributed by atoms with Crippen LogP contribution in [0.2, 0.25) is 0 Å². The predicted octanol–water partition coefficient (Wildman–Crippen LogP) is 1.40. The number of hydrogen-bond donors (Lipinski definition) is 2. The molecule has 118 valence electrons. The summed E-state index contributed by atoms with van der Waals surface area (Å²) >= 11 is 0. The van der Waals surface area contributed by atoms with Crippen molar-refractivity contribution in [1.82, 2.24) is 5.32 Å². The molecule has 21 heavy (non-hydrogen) atoms. The molecular weight excluding hydrogens is 292 g/mol. The highest BCUT2D eigenvalue weighted by atomic mass is 32.2. The first-order valence-electron chi connectivity index (χ1n) is 6.79. The molecule has 6 nitrogen and oxygen atoms in total. The number of hydrogen-bond acceptors (Lipinski definition) is 4. The molecule has 1 amide bonds. The Morgan fingerprint density at radius 1 is 1.33 bits per heavy atom. The topological polar surface area (TPSA) is 98.5 Å². The van der Waals surface area contributed by atoms with Crippen molar-refractivity contribution in [2.45, 2.75) is 44.2 Å². The number of carbonyl (C=O) groups excluding carboxylic acids is 1. The second-order valence-corrected chi connectivity index (χ2v) is 6.32. The summed E-state index contributed by atoms with van der Waals surface area (Å²) in [5.74, 6) is -0.308. The summed E-state index contributed by atoms with van der Waals surface area (Å²) in [5, 5.41) is 8.05. The zero-order valence-electron chi connectivity index (χ0n) is 12.5. The van der Waals surface area contributed by atoms with Crippen LogP contribution in [0.25, 0.3) is 0 Å². The Morgan fingerprint density at radius 3 is 2.43 bits per heavy atom. The number of ether oxygens (including phenoxy) is 1. The molecule has 0 aliphatic carbocycles. The van der Waals surface area contributed by atoms with Crippen molar-refractivity contribution in [3.63, 3.8) is 0 Å². The van der Waals surface area contributed by atoms with Crippen molar-refractivity contribution >= 4 is 15.9 Å². The summed E-state index contributed by atoms with van der Waals surface area (Å²) in [5.41, 5.74) is 0.699. The Morgan fingerprint density at radius 2 is 1.95 bits per heavy atom. The van der Waals surface area contributed by atoms with Crippen molar-refractivity contribution in [2.24, 2.45) is 5.14 Å². The lowest BCUT2D eigenvalue weighted by molar-refractivity contribution is 0.0934. The third-order valence-corrected chi connectivity index (χ3v) is 4.25. The Balaban J connectivity index is 3.13. The highest BCUT2D eigenvalue weighted by molar-refractivity contribution is 7.89. The van der Waals surface area contributed by atoms with Crippen LogP contribution in [0.15, 0.2) is 23.1 Å². The summed E-state index contributed by atoms with van der Waals surface area (Å²) in [6.45, 7) is 4.07. The number of sulfonamides is 1. The molecule has 0 spiro atoms. The number of nitrogens with one attached hydrogen (secondary N) is 1. The number of amides is 1. The van der Waals surface area contributed by atoms with Crippen LogP contribution >= 0.6 is 0 Å². The lowest BCUT2D eigenvalue weighted by Gasteiger charge is -2.15. The highest BCUT2D eigenvalue weighted by Crippen LogP contribution is 2.18. The van der Waals surface area contributed by atoms with Crippen LogP contribution in [0.5, 0.6) is 0 Å². The molecule has 1 rings (SSSR count). The Kier molecular flexibility index (Phi) is 6.32.